The molecule has 0 fully saturated rings. The molecule has 0 saturated heterocycles. The van der Waals surface area contributed by atoms with E-state index < -0.39 is 0 Å². The summed E-state index contributed by atoms with van der Waals surface area (Å²) in [4.78, 5) is 7.92. The smallest absolute Gasteiger partial charge is 0.134 e. The van der Waals surface area contributed by atoms with Crippen LogP contribution in [0, 0.1) is 0 Å². The number of rotatable bonds is 3. The van der Waals surface area contributed by atoms with Gasteiger partial charge >= 0.3 is 0 Å². The molecule has 0 bridgehead atoms. The first-order chi connectivity index (χ1) is 8.26. The summed E-state index contributed by atoms with van der Waals surface area (Å²) < 4.78 is 10.5. The molecule has 0 saturated carbocycles. The minimum atomic E-state index is 0.409. The molecule has 0 unspecified atom stereocenters. The van der Waals surface area contributed by atoms with E-state index in [9.17, 15) is 0 Å². The van der Waals surface area contributed by atoms with Crippen LogP contribution in [-0.4, -0.2) is 24.2 Å². The summed E-state index contributed by atoms with van der Waals surface area (Å²) in [5, 5.41) is 0. The Morgan fingerprint density at radius 3 is 2.59 bits per heavy atom. The van der Waals surface area contributed by atoms with Crippen LogP contribution >= 0.6 is 0 Å². The number of benzene rings is 1. The SMILES string of the molecule is COc1ccc(OC)c(-c2cncnc2N)c1. The van der Waals surface area contributed by atoms with Crippen molar-refractivity contribution in [2.45, 2.75) is 0 Å². The van der Waals surface area contributed by atoms with E-state index in [-0.39, 0.29) is 0 Å². The van der Waals surface area contributed by atoms with Crippen molar-refractivity contribution in [3.05, 3.63) is 30.7 Å². The molecule has 0 aliphatic rings. The highest BCUT2D eigenvalue weighted by atomic mass is 16.5. The highest BCUT2D eigenvalue weighted by molar-refractivity contribution is 5.78. The van der Waals surface area contributed by atoms with Crippen molar-refractivity contribution >= 4 is 5.82 Å². The van der Waals surface area contributed by atoms with Crippen LogP contribution in [0.15, 0.2) is 30.7 Å². The number of anilines is 1. The van der Waals surface area contributed by atoms with Crippen LogP contribution in [-0.2, 0) is 0 Å². The molecular formula is C12H13N3O2. The van der Waals surface area contributed by atoms with Crippen LogP contribution < -0.4 is 15.2 Å². The second kappa shape index (κ2) is 4.69. The monoisotopic (exact) mass is 231 g/mol. The number of hydrogen-bond acceptors (Lipinski definition) is 5. The van der Waals surface area contributed by atoms with E-state index >= 15 is 0 Å². The van der Waals surface area contributed by atoms with E-state index in [1.54, 1.807) is 20.4 Å². The molecule has 0 radical (unpaired) electrons. The lowest BCUT2D eigenvalue weighted by Crippen LogP contribution is -1.97. The average molecular weight is 231 g/mol. The van der Waals surface area contributed by atoms with Crippen molar-refractivity contribution in [3.8, 4) is 22.6 Å². The topological polar surface area (TPSA) is 70.3 Å². The molecule has 1 aromatic carbocycles. The van der Waals surface area contributed by atoms with Crippen LogP contribution in [0.4, 0.5) is 5.82 Å². The summed E-state index contributed by atoms with van der Waals surface area (Å²) in [6.45, 7) is 0. The quantitative estimate of drug-likeness (QED) is 0.871. The number of hydrogen-bond donors (Lipinski definition) is 1. The van der Waals surface area contributed by atoms with Gasteiger partial charge in [0.15, 0.2) is 0 Å². The Labute approximate surface area is 99.2 Å². The van der Waals surface area contributed by atoms with Crippen molar-refractivity contribution in [2.24, 2.45) is 0 Å². The molecule has 1 heterocycles. The zero-order chi connectivity index (χ0) is 12.3. The first-order valence-electron chi connectivity index (χ1n) is 5.04. The molecule has 0 spiro atoms. The third kappa shape index (κ3) is 2.13. The first-order valence-corrected chi connectivity index (χ1v) is 5.04. The minimum absolute atomic E-state index is 0.409. The van der Waals surface area contributed by atoms with E-state index in [1.165, 1.54) is 6.33 Å². The molecule has 0 aliphatic heterocycles. The summed E-state index contributed by atoms with van der Waals surface area (Å²) >= 11 is 0. The standard InChI is InChI=1S/C12H13N3O2/c1-16-8-3-4-11(17-2)9(5-8)10-6-14-7-15-12(10)13/h3-7H,1-2H3,(H2,13,14,15). The fourth-order valence-corrected chi connectivity index (χ4v) is 1.57. The Kier molecular flexibility index (Phi) is 3.09. The normalized spacial score (nSPS) is 10.0. The van der Waals surface area contributed by atoms with Crippen LogP contribution in [0.3, 0.4) is 0 Å². The fraction of sp³-hybridized carbons (Fsp3) is 0.167. The highest BCUT2D eigenvalue weighted by Crippen LogP contribution is 2.34. The Balaban J connectivity index is 2.60. The molecule has 1 aromatic heterocycles. The maximum Gasteiger partial charge on any atom is 0.134 e. The molecule has 17 heavy (non-hydrogen) atoms. The average Bonchev–Trinajstić information content (AvgIpc) is 2.38. The molecule has 2 aromatic rings. The lowest BCUT2D eigenvalue weighted by atomic mass is 10.1. The molecular weight excluding hydrogens is 218 g/mol. The predicted octanol–water partition coefficient (Wildman–Crippen LogP) is 1.74. The number of aromatic nitrogens is 2. The van der Waals surface area contributed by atoms with Gasteiger partial charge in [0, 0.05) is 17.3 Å². The van der Waals surface area contributed by atoms with E-state index in [2.05, 4.69) is 9.97 Å². The number of nitrogens with two attached hydrogens (primary N) is 1. The van der Waals surface area contributed by atoms with Gasteiger partial charge in [0.1, 0.15) is 23.6 Å². The molecule has 5 heteroatoms. The van der Waals surface area contributed by atoms with E-state index in [0.717, 1.165) is 16.9 Å². The van der Waals surface area contributed by atoms with Gasteiger partial charge in [0.05, 0.1) is 14.2 Å². The van der Waals surface area contributed by atoms with Gasteiger partial charge in [-0.05, 0) is 18.2 Å². The van der Waals surface area contributed by atoms with Gasteiger partial charge in [-0.1, -0.05) is 0 Å². The van der Waals surface area contributed by atoms with Crippen LogP contribution in [0.25, 0.3) is 11.1 Å². The second-order valence-corrected chi connectivity index (χ2v) is 3.39. The third-order valence-corrected chi connectivity index (χ3v) is 2.44. The van der Waals surface area contributed by atoms with E-state index in [0.29, 0.717) is 11.6 Å². The molecule has 2 N–H and O–H groups in total. The fourth-order valence-electron chi connectivity index (χ4n) is 1.57. The molecule has 0 amide bonds. The Hall–Kier alpha value is -2.30. The summed E-state index contributed by atoms with van der Waals surface area (Å²) in [5.41, 5.74) is 7.36. The summed E-state index contributed by atoms with van der Waals surface area (Å²) in [7, 11) is 3.21. The number of nitrogens with zero attached hydrogens (tertiary/aromatic N) is 2. The Morgan fingerprint density at radius 1 is 1.12 bits per heavy atom. The largest absolute Gasteiger partial charge is 0.497 e. The predicted molar refractivity (Wildman–Crippen MR) is 65.0 cm³/mol. The van der Waals surface area contributed by atoms with Gasteiger partial charge in [0.25, 0.3) is 0 Å². The van der Waals surface area contributed by atoms with Gasteiger partial charge in [-0.25, -0.2) is 9.97 Å². The number of ether oxygens (including phenoxy) is 2. The minimum Gasteiger partial charge on any atom is -0.497 e. The Morgan fingerprint density at radius 2 is 1.94 bits per heavy atom. The summed E-state index contributed by atoms with van der Waals surface area (Å²) in [5.74, 6) is 1.84. The zero-order valence-corrected chi connectivity index (χ0v) is 9.68. The molecule has 88 valence electrons. The van der Waals surface area contributed by atoms with Crippen molar-refractivity contribution in [2.75, 3.05) is 20.0 Å². The van der Waals surface area contributed by atoms with E-state index in [4.69, 9.17) is 15.2 Å². The zero-order valence-electron chi connectivity index (χ0n) is 9.68. The van der Waals surface area contributed by atoms with Crippen LogP contribution in [0.2, 0.25) is 0 Å². The van der Waals surface area contributed by atoms with Gasteiger partial charge in [-0.15, -0.1) is 0 Å². The van der Waals surface area contributed by atoms with Crippen LogP contribution in [0.5, 0.6) is 11.5 Å². The lowest BCUT2D eigenvalue weighted by Gasteiger charge is -2.11. The summed E-state index contributed by atoms with van der Waals surface area (Å²) in [6, 6.07) is 5.48. The van der Waals surface area contributed by atoms with Crippen molar-refractivity contribution in [3.63, 3.8) is 0 Å². The van der Waals surface area contributed by atoms with Crippen LogP contribution in [0.1, 0.15) is 0 Å². The molecule has 0 aliphatic carbocycles. The lowest BCUT2D eigenvalue weighted by molar-refractivity contribution is 0.404. The van der Waals surface area contributed by atoms with Crippen molar-refractivity contribution in [1.82, 2.24) is 9.97 Å². The van der Waals surface area contributed by atoms with Gasteiger partial charge in [-0.2, -0.15) is 0 Å². The summed E-state index contributed by atoms with van der Waals surface area (Å²) in [6.07, 6.45) is 3.06. The maximum absolute atomic E-state index is 5.82. The van der Waals surface area contributed by atoms with Gasteiger partial charge in [-0.3, -0.25) is 0 Å². The van der Waals surface area contributed by atoms with Gasteiger partial charge < -0.3 is 15.2 Å². The number of nitrogen functional groups attached to an aromatic ring is 1. The van der Waals surface area contributed by atoms with Gasteiger partial charge in [0.2, 0.25) is 0 Å². The Bertz CT molecular complexity index is 529. The first kappa shape index (κ1) is 11.2. The number of methoxy groups -OCH3 is 2. The molecule has 5 nitrogen and oxygen atoms in total. The third-order valence-electron chi connectivity index (χ3n) is 2.44. The maximum atomic E-state index is 5.82. The van der Waals surface area contributed by atoms with Crippen molar-refractivity contribution < 1.29 is 9.47 Å². The molecule has 0 atom stereocenters. The van der Waals surface area contributed by atoms with Crippen molar-refractivity contribution in [1.29, 1.82) is 0 Å². The molecule has 2 rings (SSSR count). The highest BCUT2D eigenvalue weighted by Gasteiger charge is 2.11. The second-order valence-electron chi connectivity index (χ2n) is 3.39. The van der Waals surface area contributed by atoms with E-state index in [1.807, 2.05) is 18.2 Å².